The van der Waals surface area contributed by atoms with E-state index in [-0.39, 0.29) is 0 Å². The molecule has 0 aromatic heterocycles. The zero-order chi connectivity index (χ0) is 10.8. The molecule has 1 aromatic carbocycles. The van der Waals surface area contributed by atoms with Gasteiger partial charge in [0, 0.05) is 12.1 Å². The van der Waals surface area contributed by atoms with Gasteiger partial charge in [0.1, 0.15) is 0 Å². The number of hydrogen-bond acceptors (Lipinski definition) is 2. The number of rotatable bonds is 4. The number of anilines is 1. The molecule has 0 unspecified atom stereocenters. The minimum atomic E-state index is -0.430. The summed E-state index contributed by atoms with van der Waals surface area (Å²) in [5.74, 6) is 0.333. The molecule has 1 amide bonds. The predicted molar refractivity (Wildman–Crippen MR) is 61.2 cm³/mol. The number of nitrogens with two attached hydrogens (primary N) is 1. The summed E-state index contributed by atoms with van der Waals surface area (Å²) < 4.78 is 0. The molecule has 0 aliphatic heterocycles. The van der Waals surface area contributed by atoms with Gasteiger partial charge in [-0.3, -0.25) is 4.79 Å². The fourth-order valence-corrected chi connectivity index (χ4v) is 1.57. The lowest BCUT2D eigenvalue weighted by atomic mass is 10.2. The molecule has 15 heavy (non-hydrogen) atoms. The van der Waals surface area contributed by atoms with Crippen molar-refractivity contribution in [2.75, 3.05) is 11.9 Å². The Morgan fingerprint density at radius 1 is 1.53 bits per heavy atom. The highest BCUT2D eigenvalue weighted by Gasteiger charge is 2.21. The Labute approximate surface area is 93.6 Å². The fraction of sp³-hybridized carbons (Fsp3) is 0.364. The lowest BCUT2D eigenvalue weighted by Crippen LogP contribution is -2.12. The Balaban J connectivity index is 2.12. The zero-order valence-corrected chi connectivity index (χ0v) is 9.05. The highest BCUT2D eigenvalue weighted by molar-refractivity contribution is 6.33. The first-order valence-electron chi connectivity index (χ1n) is 5.00. The normalized spacial score (nSPS) is 15.0. The van der Waals surface area contributed by atoms with Crippen molar-refractivity contribution in [1.82, 2.24) is 0 Å². The molecule has 3 nitrogen and oxygen atoms in total. The summed E-state index contributed by atoms with van der Waals surface area (Å²) in [6, 6.07) is 5.02. The number of amides is 1. The third kappa shape index (κ3) is 2.63. The topological polar surface area (TPSA) is 55.1 Å². The summed E-state index contributed by atoms with van der Waals surface area (Å²) in [7, 11) is 0. The van der Waals surface area contributed by atoms with E-state index >= 15 is 0 Å². The predicted octanol–water partition coefficient (Wildman–Crippen LogP) is 2.26. The Kier molecular flexibility index (Phi) is 2.82. The molecule has 1 fully saturated rings. The zero-order valence-electron chi connectivity index (χ0n) is 8.29. The number of halogens is 1. The van der Waals surface area contributed by atoms with Gasteiger partial charge in [-0.15, -0.1) is 0 Å². The quantitative estimate of drug-likeness (QED) is 0.824. The van der Waals surface area contributed by atoms with Crippen molar-refractivity contribution in [3.8, 4) is 0 Å². The number of carbonyl (C=O) groups excluding carboxylic acids is 1. The second kappa shape index (κ2) is 4.11. The number of benzene rings is 1. The molecule has 0 radical (unpaired) electrons. The smallest absolute Gasteiger partial charge is 0.248 e. The molecule has 80 valence electrons. The van der Waals surface area contributed by atoms with E-state index in [1.165, 1.54) is 12.8 Å². The molecule has 1 aromatic rings. The summed E-state index contributed by atoms with van der Waals surface area (Å²) >= 11 is 5.99. The van der Waals surface area contributed by atoms with Crippen molar-refractivity contribution < 1.29 is 4.79 Å². The maximum atomic E-state index is 11.0. The number of carbonyl (C=O) groups is 1. The largest absolute Gasteiger partial charge is 0.384 e. The summed E-state index contributed by atoms with van der Waals surface area (Å²) in [6.45, 7) is 0.919. The van der Waals surface area contributed by atoms with Crippen LogP contribution in [-0.2, 0) is 0 Å². The second-order valence-electron chi connectivity index (χ2n) is 3.88. The van der Waals surface area contributed by atoms with Crippen LogP contribution in [0.2, 0.25) is 5.02 Å². The van der Waals surface area contributed by atoms with Crippen molar-refractivity contribution in [3.05, 3.63) is 28.8 Å². The molecule has 4 heteroatoms. The lowest BCUT2D eigenvalue weighted by molar-refractivity contribution is 0.100. The fourth-order valence-electron chi connectivity index (χ4n) is 1.39. The van der Waals surface area contributed by atoms with E-state index in [1.54, 1.807) is 18.2 Å². The molecule has 1 aliphatic rings. The van der Waals surface area contributed by atoms with E-state index in [2.05, 4.69) is 5.32 Å². The second-order valence-corrected chi connectivity index (χ2v) is 4.29. The average molecular weight is 225 g/mol. The van der Waals surface area contributed by atoms with Crippen molar-refractivity contribution in [2.45, 2.75) is 12.8 Å². The molecule has 0 bridgehead atoms. The van der Waals surface area contributed by atoms with Gasteiger partial charge in [0.2, 0.25) is 5.91 Å². The van der Waals surface area contributed by atoms with Gasteiger partial charge < -0.3 is 11.1 Å². The Morgan fingerprint density at radius 2 is 2.27 bits per heavy atom. The van der Waals surface area contributed by atoms with Crippen LogP contribution in [0.15, 0.2) is 18.2 Å². The van der Waals surface area contributed by atoms with Crippen LogP contribution in [0.5, 0.6) is 0 Å². The van der Waals surface area contributed by atoms with Gasteiger partial charge in [-0.2, -0.15) is 0 Å². The van der Waals surface area contributed by atoms with Crippen molar-refractivity contribution in [1.29, 1.82) is 0 Å². The average Bonchev–Trinajstić information content (AvgIpc) is 3.00. The summed E-state index contributed by atoms with van der Waals surface area (Å²) in [5, 5.41) is 3.86. The van der Waals surface area contributed by atoms with E-state index in [4.69, 9.17) is 17.3 Å². The van der Waals surface area contributed by atoms with E-state index in [9.17, 15) is 4.79 Å². The summed E-state index contributed by atoms with van der Waals surface area (Å²) in [4.78, 5) is 11.0. The highest BCUT2D eigenvalue weighted by atomic mass is 35.5. The van der Waals surface area contributed by atoms with Crippen LogP contribution in [0.4, 0.5) is 5.69 Å². The van der Waals surface area contributed by atoms with Crippen LogP contribution in [-0.4, -0.2) is 12.5 Å². The van der Waals surface area contributed by atoms with Crippen molar-refractivity contribution in [2.24, 2.45) is 11.7 Å². The van der Waals surface area contributed by atoms with E-state index in [0.29, 0.717) is 10.6 Å². The first kappa shape index (κ1) is 10.3. The third-order valence-corrected chi connectivity index (χ3v) is 2.86. The Morgan fingerprint density at radius 3 is 2.87 bits per heavy atom. The van der Waals surface area contributed by atoms with E-state index in [1.807, 2.05) is 0 Å². The lowest BCUT2D eigenvalue weighted by Gasteiger charge is -2.08. The Bertz CT molecular complexity index is 388. The van der Waals surface area contributed by atoms with Crippen LogP contribution < -0.4 is 11.1 Å². The van der Waals surface area contributed by atoms with Crippen LogP contribution in [0.1, 0.15) is 23.2 Å². The van der Waals surface area contributed by atoms with Gasteiger partial charge in [-0.05, 0) is 37.0 Å². The first-order valence-corrected chi connectivity index (χ1v) is 5.38. The Hall–Kier alpha value is -1.22. The van der Waals surface area contributed by atoms with Crippen LogP contribution in [0.25, 0.3) is 0 Å². The number of primary amides is 1. The molecule has 1 saturated carbocycles. The van der Waals surface area contributed by atoms with Gasteiger partial charge in [0.25, 0.3) is 0 Å². The molecule has 0 saturated heterocycles. The maximum Gasteiger partial charge on any atom is 0.248 e. The molecule has 0 spiro atoms. The van der Waals surface area contributed by atoms with Crippen LogP contribution in [0, 0.1) is 5.92 Å². The standard InChI is InChI=1S/C11H13ClN2O/c12-9-4-3-8(11(13)15)5-10(9)14-6-7-1-2-7/h3-5,7,14H,1-2,6H2,(H2,13,15). The van der Waals surface area contributed by atoms with Crippen LogP contribution >= 0.6 is 11.6 Å². The SMILES string of the molecule is NC(=O)c1ccc(Cl)c(NCC2CC2)c1. The van der Waals surface area contributed by atoms with Gasteiger partial charge >= 0.3 is 0 Å². The molecule has 0 heterocycles. The van der Waals surface area contributed by atoms with Crippen molar-refractivity contribution in [3.63, 3.8) is 0 Å². The van der Waals surface area contributed by atoms with E-state index < -0.39 is 5.91 Å². The molecule has 0 atom stereocenters. The van der Waals surface area contributed by atoms with Gasteiger partial charge in [0.15, 0.2) is 0 Å². The molecule has 3 N–H and O–H groups in total. The van der Waals surface area contributed by atoms with Gasteiger partial charge in [0.05, 0.1) is 10.7 Å². The highest BCUT2D eigenvalue weighted by Crippen LogP contribution is 2.30. The maximum absolute atomic E-state index is 11.0. The summed E-state index contributed by atoms with van der Waals surface area (Å²) in [5.41, 5.74) is 6.47. The van der Waals surface area contributed by atoms with E-state index in [0.717, 1.165) is 18.2 Å². The van der Waals surface area contributed by atoms with Gasteiger partial charge in [-0.25, -0.2) is 0 Å². The minimum absolute atomic E-state index is 0.430. The third-order valence-electron chi connectivity index (χ3n) is 2.53. The molecule has 2 rings (SSSR count). The van der Waals surface area contributed by atoms with Crippen molar-refractivity contribution >= 4 is 23.2 Å². The molecular formula is C11H13ClN2O. The van der Waals surface area contributed by atoms with Gasteiger partial charge in [-0.1, -0.05) is 11.6 Å². The van der Waals surface area contributed by atoms with Crippen LogP contribution in [0.3, 0.4) is 0 Å². The molecular weight excluding hydrogens is 212 g/mol. The molecule has 1 aliphatic carbocycles. The number of nitrogens with one attached hydrogen (secondary N) is 1. The summed E-state index contributed by atoms with van der Waals surface area (Å²) in [6.07, 6.45) is 2.56. The number of hydrogen-bond donors (Lipinski definition) is 2. The minimum Gasteiger partial charge on any atom is -0.384 e. The first-order chi connectivity index (χ1) is 7.16. The monoisotopic (exact) mass is 224 g/mol.